The number of benzene rings is 1. The lowest BCUT2D eigenvalue weighted by Crippen LogP contribution is -1.93. The van der Waals surface area contributed by atoms with Crippen molar-refractivity contribution in [3.63, 3.8) is 0 Å². The van der Waals surface area contributed by atoms with E-state index >= 15 is 0 Å². The molecule has 3 heteroatoms. The first-order chi connectivity index (χ1) is 10.2. The fourth-order valence-corrected chi connectivity index (χ4v) is 2.24. The first-order valence-corrected chi connectivity index (χ1v) is 8.20. The number of unbranched alkanes of at least 4 members (excludes halogenated alkanes) is 8. The standard InChI is InChI=1S/C18H30N2O/c1-2-3-4-5-6-7-8-9-10-11-14-21-18-15-16(19)12-13-17(18)20/h11-15H,2-10,19-20H2,1H3. The van der Waals surface area contributed by atoms with Gasteiger partial charge >= 0.3 is 0 Å². The number of nitrogen functional groups attached to an aromatic ring is 2. The molecular formula is C18H30N2O. The van der Waals surface area contributed by atoms with Crippen molar-refractivity contribution in [1.29, 1.82) is 0 Å². The van der Waals surface area contributed by atoms with Crippen LogP contribution in [0, 0.1) is 0 Å². The average molecular weight is 290 g/mol. The SMILES string of the molecule is CCCCCCCCCCC=COc1cc(N)ccc1N. The predicted octanol–water partition coefficient (Wildman–Crippen LogP) is 5.27. The third kappa shape index (κ3) is 8.28. The van der Waals surface area contributed by atoms with Gasteiger partial charge in [-0.25, -0.2) is 0 Å². The molecule has 0 unspecified atom stereocenters. The first-order valence-electron chi connectivity index (χ1n) is 8.20. The molecule has 21 heavy (non-hydrogen) atoms. The molecule has 0 bridgehead atoms. The van der Waals surface area contributed by atoms with E-state index in [0.29, 0.717) is 17.1 Å². The third-order valence-electron chi connectivity index (χ3n) is 3.55. The number of nitrogens with two attached hydrogens (primary N) is 2. The maximum Gasteiger partial charge on any atom is 0.151 e. The maximum absolute atomic E-state index is 5.81. The van der Waals surface area contributed by atoms with Gasteiger partial charge in [0.2, 0.25) is 0 Å². The Morgan fingerprint density at radius 2 is 1.62 bits per heavy atom. The molecule has 0 radical (unpaired) electrons. The van der Waals surface area contributed by atoms with E-state index in [4.69, 9.17) is 16.2 Å². The van der Waals surface area contributed by atoms with Crippen molar-refractivity contribution in [2.24, 2.45) is 0 Å². The van der Waals surface area contributed by atoms with E-state index in [1.807, 2.05) is 0 Å². The predicted molar refractivity (Wildman–Crippen MR) is 92.3 cm³/mol. The molecule has 4 N–H and O–H groups in total. The Morgan fingerprint density at radius 3 is 2.33 bits per heavy atom. The Labute approximate surface area is 129 Å². The van der Waals surface area contributed by atoms with Crippen LogP contribution < -0.4 is 16.2 Å². The summed E-state index contributed by atoms with van der Waals surface area (Å²) in [6.45, 7) is 2.26. The number of anilines is 2. The molecule has 1 rings (SSSR count). The summed E-state index contributed by atoms with van der Waals surface area (Å²) in [5, 5.41) is 0. The van der Waals surface area contributed by atoms with E-state index in [2.05, 4.69) is 13.0 Å². The molecule has 3 nitrogen and oxygen atoms in total. The van der Waals surface area contributed by atoms with Crippen molar-refractivity contribution in [2.75, 3.05) is 11.5 Å². The van der Waals surface area contributed by atoms with Crippen LogP contribution in [0.4, 0.5) is 11.4 Å². The molecular weight excluding hydrogens is 260 g/mol. The van der Waals surface area contributed by atoms with Crippen LogP contribution in [0.15, 0.2) is 30.5 Å². The van der Waals surface area contributed by atoms with Gasteiger partial charge in [-0.1, -0.05) is 51.9 Å². The second-order valence-corrected chi connectivity index (χ2v) is 5.55. The summed E-state index contributed by atoms with van der Waals surface area (Å²) in [6.07, 6.45) is 15.6. The maximum atomic E-state index is 5.81. The topological polar surface area (TPSA) is 61.3 Å². The van der Waals surface area contributed by atoms with Gasteiger partial charge in [-0.05, 0) is 31.1 Å². The normalized spacial score (nSPS) is 11.1. The van der Waals surface area contributed by atoms with E-state index in [1.165, 1.54) is 51.4 Å². The molecule has 0 fully saturated rings. The number of allylic oxidation sites excluding steroid dienone is 1. The molecule has 0 aliphatic rings. The van der Waals surface area contributed by atoms with Gasteiger partial charge in [0.1, 0.15) is 0 Å². The van der Waals surface area contributed by atoms with Crippen LogP contribution in [0.25, 0.3) is 0 Å². The van der Waals surface area contributed by atoms with Crippen molar-refractivity contribution in [2.45, 2.75) is 64.7 Å². The highest BCUT2D eigenvalue weighted by Crippen LogP contribution is 2.24. The molecule has 0 aromatic heterocycles. The third-order valence-corrected chi connectivity index (χ3v) is 3.55. The monoisotopic (exact) mass is 290 g/mol. The van der Waals surface area contributed by atoms with Gasteiger partial charge in [0.25, 0.3) is 0 Å². The number of hydrogen-bond donors (Lipinski definition) is 2. The molecule has 0 saturated carbocycles. The summed E-state index contributed by atoms with van der Waals surface area (Å²) in [5.74, 6) is 0.627. The zero-order valence-corrected chi connectivity index (χ0v) is 13.3. The Morgan fingerprint density at radius 1 is 0.952 bits per heavy atom. The van der Waals surface area contributed by atoms with Crippen LogP contribution in [0.1, 0.15) is 64.7 Å². The molecule has 0 saturated heterocycles. The second-order valence-electron chi connectivity index (χ2n) is 5.55. The minimum Gasteiger partial charge on any atom is -0.463 e. The Kier molecular flexibility index (Phi) is 9.18. The molecule has 118 valence electrons. The summed E-state index contributed by atoms with van der Waals surface area (Å²) in [6, 6.07) is 5.28. The minimum absolute atomic E-state index is 0.612. The number of ether oxygens (including phenoxy) is 1. The molecule has 0 aliphatic heterocycles. The minimum atomic E-state index is 0.612. The van der Waals surface area contributed by atoms with E-state index < -0.39 is 0 Å². The van der Waals surface area contributed by atoms with Crippen LogP contribution in [0.5, 0.6) is 5.75 Å². The lowest BCUT2D eigenvalue weighted by Gasteiger charge is -2.05. The molecule has 0 heterocycles. The lowest BCUT2D eigenvalue weighted by atomic mass is 10.1. The summed E-state index contributed by atoms with van der Waals surface area (Å²) >= 11 is 0. The number of hydrogen-bond acceptors (Lipinski definition) is 3. The van der Waals surface area contributed by atoms with E-state index in [0.717, 1.165) is 6.42 Å². The Hall–Kier alpha value is -1.64. The van der Waals surface area contributed by atoms with Gasteiger partial charge < -0.3 is 16.2 Å². The van der Waals surface area contributed by atoms with Gasteiger partial charge in [0.15, 0.2) is 5.75 Å². The molecule has 0 amide bonds. The van der Waals surface area contributed by atoms with Gasteiger partial charge in [-0.15, -0.1) is 0 Å². The fraction of sp³-hybridized carbons (Fsp3) is 0.556. The van der Waals surface area contributed by atoms with Crippen molar-refractivity contribution in [1.82, 2.24) is 0 Å². The molecule has 0 aliphatic carbocycles. The highest BCUT2D eigenvalue weighted by Gasteiger charge is 1.98. The molecule has 1 aromatic carbocycles. The number of rotatable bonds is 11. The summed E-state index contributed by atoms with van der Waals surface area (Å²) < 4.78 is 5.50. The molecule has 0 spiro atoms. The van der Waals surface area contributed by atoms with Crippen LogP contribution in [0.3, 0.4) is 0 Å². The summed E-state index contributed by atoms with van der Waals surface area (Å²) in [7, 11) is 0. The highest BCUT2D eigenvalue weighted by molar-refractivity contribution is 5.59. The van der Waals surface area contributed by atoms with E-state index in [-0.39, 0.29) is 0 Å². The van der Waals surface area contributed by atoms with Crippen molar-refractivity contribution in [3.8, 4) is 5.75 Å². The summed E-state index contributed by atoms with van der Waals surface area (Å²) in [4.78, 5) is 0. The van der Waals surface area contributed by atoms with Crippen LogP contribution in [-0.2, 0) is 0 Å². The smallest absolute Gasteiger partial charge is 0.151 e. The zero-order chi connectivity index (χ0) is 15.3. The first kappa shape index (κ1) is 17.4. The summed E-state index contributed by atoms with van der Waals surface area (Å²) in [5.41, 5.74) is 12.8. The molecule has 1 aromatic rings. The van der Waals surface area contributed by atoms with Crippen molar-refractivity contribution in [3.05, 3.63) is 30.5 Å². The van der Waals surface area contributed by atoms with E-state index in [9.17, 15) is 0 Å². The Balaban J connectivity index is 2.04. The van der Waals surface area contributed by atoms with Gasteiger partial charge in [-0.2, -0.15) is 0 Å². The van der Waals surface area contributed by atoms with Crippen molar-refractivity contribution < 1.29 is 4.74 Å². The fourth-order valence-electron chi connectivity index (χ4n) is 2.24. The second kappa shape index (κ2) is 11.1. The Bertz CT molecular complexity index is 416. The van der Waals surface area contributed by atoms with Gasteiger partial charge in [0, 0.05) is 11.8 Å². The molecule has 0 atom stereocenters. The quantitative estimate of drug-likeness (QED) is 0.331. The van der Waals surface area contributed by atoms with Gasteiger partial charge in [0.05, 0.1) is 11.9 Å². The van der Waals surface area contributed by atoms with E-state index in [1.54, 1.807) is 24.5 Å². The van der Waals surface area contributed by atoms with Crippen LogP contribution in [-0.4, -0.2) is 0 Å². The lowest BCUT2D eigenvalue weighted by molar-refractivity contribution is 0.480. The van der Waals surface area contributed by atoms with Crippen LogP contribution >= 0.6 is 0 Å². The van der Waals surface area contributed by atoms with Gasteiger partial charge in [-0.3, -0.25) is 0 Å². The van der Waals surface area contributed by atoms with Crippen molar-refractivity contribution >= 4 is 11.4 Å². The largest absolute Gasteiger partial charge is 0.463 e. The average Bonchev–Trinajstić information content (AvgIpc) is 2.48. The van der Waals surface area contributed by atoms with Crippen LogP contribution in [0.2, 0.25) is 0 Å². The highest BCUT2D eigenvalue weighted by atomic mass is 16.5. The zero-order valence-electron chi connectivity index (χ0n) is 13.3.